The number of nitrogens with one attached hydrogen (secondary N) is 1. The minimum absolute atomic E-state index is 0.0137. The molecule has 4 rings (SSSR count). The Morgan fingerprint density at radius 1 is 0.861 bits per heavy atom. The van der Waals surface area contributed by atoms with Crippen LogP contribution in [-0.2, 0) is 24.8 Å². The Labute approximate surface area is 218 Å². The first-order valence-corrected chi connectivity index (χ1v) is 14.6. The highest BCUT2D eigenvalue weighted by Crippen LogP contribution is 2.25. The fourth-order valence-corrected chi connectivity index (χ4v) is 7.23. The lowest BCUT2D eigenvalue weighted by molar-refractivity contribution is -0.125. The number of piperazine rings is 1. The minimum Gasteiger partial charge on any atom is -0.271 e. The fourth-order valence-electron chi connectivity index (χ4n) is 3.76. The highest BCUT2D eigenvalue weighted by molar-refractivity contribution is 9.10. The number of sulfonamides is 2. The summed E-state index contributed by atoms with van der Waals surface area (Å²) in [5.41, 5.74) is 3.08. The van der Waals surface area contributed by atoms with E-state index in [0.29, 0.717) is 5.56 Å². The van der Waals surface area contributed by atoms with E-state index in [4.69, 9.17) is 0 Å². The van der Waals surface area contributed by atoms with E-state index in [2.05, 4.69) is 26.5 Å². The third kappa shape index (κ3) is 5.73. The van der Waals surface area contributed by atoms with Gasteiger partial charge in [0.15, 0.2) is 0 Å². The number of halogens is 1. The average molecular weight is 592 g/mol. The van der Waals surface area contributed by atoms with Crippen LogP contribution < -0.4 is 5.43 Å². The molecule has 0 radical (unpaired) electrons. The van der Waals surface area contributed by atoms with Crippen molar-refractivity contribution in [2.24, 2.45) is 5.10 Å². The zero-order chi connectivity index (χ0) is 25.8. The first-order chi connectivity index (χ1) is 17.2. The van der Waals surface area contributed by atoms with Crippen molar-refractivity contribution in [3.63, 3.8) is 0 Å². The van der Waals surface area contributed by atoms with Crippen LogP contribution in [0.4, 0.5) is 0 Å². The minimum atomic E-state index is -4.08. The summed E-state index contributed by atoms with van der Waals surface area (Å²) in [6, 6.07) is 21.4. The number of nitrogens with zero attached hydrogens (tertiary/aromatic N) is 3. The first-order valence-electron chi connectivity index (χ1n) is 10.9. The van der Waals surface area contributed by atoms with Crippen LogP contribution >= 0.6 is 15.9 Å². The molecule has 12 heteroatoms. The summed E-state index contributed by atoms with van der Waals surface area (Å²) in [5, 5.41) is 3.96. The number of hydrogen-bond donors (Lipinski definition) is 1. The topological polar surface area (TPSA) is 116 Å². The summed E-state index contributed by atoms with van der Waals surface area (Å²) in [4.78, 5) is 13.3. The molecule has 1 atom stereocenters. The van der Waals surface area contributed by atoms with Gasteiger partial charge in [-0.25, -0.2) is 22.3 Å². The lowest BCUT2D eigenvalue weighted by Gasteiger charge is -2.38. The number of carbonyl (C=O) groups is 1. The predicted molar refractivity (Wildman–Crippen MR) is 139 cm³/mol. The van der Waals surface area contributed by atoms with Gasteiger partial charge in [0.25, 0.3) is 5.91 Å². The SMILES string of the molecule is O=C(NN=Cc1cccc(Br)c1)C1CN(S(=O)(=O)c2ccccc2)CCN1S(=O)(=O)c1ccccc1. The van der Waals surface area contributed by atoms with Gasteiger partial charge in [0, 0.05) is 24.1 Å². The van der Waals surface area contributed by atoms with Crippen molar-refractivity contribution in [3.8, 4) is 0 Å². The van der Waals surface area contributed by atoms with Crippen molar-refractivity contribution in [1.29, 1.82) is 0 Å². The molecule has 36 heavy (non-hydrogen) atoms. The normalized spacial score (nSPS) is 17.8. The standard InChI is InChI=1S/C24H23BrN4O5S2/c25-20-9-7-8-19(16-20)17-26-27-24(30)23-18-28(35(31,32)21-10-3-1-4-11-21)14-15-29(23)36(33,34)22-12-5-2-6-13-22/h1-13,16-17,23H,14-15,18H2,(H,27,30). The van der Waals surface area contributed by atoms with Crippen LogP contribution in [-0.4, -0.2) is 63.2 Å². The third-order valence-corrected chi connectivity index (χ3v) is 9.86. The monoisotopic (exact) mass is 590 g/mol. The molecule has 0 aromatic heterocycles. The zero-order valence-electron chi connectivity index (χ0n) is 18.9. The average Bonchev–Trinajstić information content (AvgIpc) is 2.89. The molecule has 1 saturated heterocycles. The molecule has 1 fully saturated rings. The molecule has 1 unspecified atom stereocenters. The van der Waals surface area contributed by atoms with E-state index in [1.54, 1.807) is 54.6 Å². The molecule has 3 aromatic rings. The second-order valence-electron chi connectivity index (χ2n) is 7.91. The highest BCUT2D eigenvalue weighted by atomic mass is 79.9. The molecule has 1 N–H and O–H groups in total. The molecule has 1 heterocycles. The number of carbonyl (C=O) groups excluding carboxylic acids is 1. The maximum Gasteiger partial charge on any atom is 0.259 e. The summed E-state index contributed by atoms with van der Waals surface area (Å²) < 4.78 is 56.2. The van der Waals surface area contributed by atoms with Crippen LogP contribution in [0.2, 0.25) is 0 Å². The van der Waals surface area contributed by atoms with Gasteiger partial charge in [0.2, 0.25) is 20.0 Å². The van der Waals surface area contributed by atoms with E-state index in [1.165, 1.54) is 30.5 Å². The molecule has 0 saturated carbocycles. The van der Waals surface area contributed by atoms with Gasteiger partial charge in [-0.1, -0.05) is 64.5 Å². The van der Waals surface area contributed by atoms with Crippen LogP contribution in [0, 0.1) is 0 Å². The van der Waals surface area contributed by atoms with Crippen LogP contribution in [0.15, 0.2) is 104 Å². The molecule has 3 aromatic carbocycles. The van der Waals surface area contributed by atoms with Crippen molar-refractivity contribution in [2.75, 3.05) is 19.6 Å². The highest BCUT2D eigenvalue weighted by Gasteiger charge is 2.43. The van der Waals surface area contributed by atoms with Crippen LogP contribution in [0.5, 0.6) is 0 Å². The lowest BCUT2D eigenvalue weighted by Crippen LogP contribution is -2.60. The largest absolute Gasteiger partial charge is 0.271 e. The maximum absolute atomic E-state index is 13.4. The number of hydrazone groups is 1. The summed E-state index contributed by atoms with van der Waals surface area (Å²) in [7, 11) is -8.02. The maximum atomic E-state index is 13.4. The van der Waals surface area contributed by atoms with E-state index in [0.717, 1.165) is 13.1 Å². The fraction of sp³-hybridized carbons (Fsp3) is 0.167. The lowest BCUT2D eigenvalue weighted by atomic mass is 10.2. The second kappa shape index (κ2) is 11.0. The van der Waals surface area contributed by atoms with Crippen LogP contribution in [0.25, 0.3) is 0 Å². The molecule has 1 amide bonds. The van der Waals surface area contributed by atoms with Crippen LogP contribution in [0.3, 0.4) is 0 Å². The van der Waals surface area contributed by atoms with Crippen molar-refractivity contribution in [1.82, 2.24) is 14.0 Å². The smallest absolute Gasteiger partial charge is 0.259 e. The van der Waals surface area contributed by atoms with Crippen molar-refractivity contribution in [2.45, 2.75) is 15.8 Å². The summed E-state index contributed by atoms with van der Waals surface area (Å²) in [6.07, 6.45) is 1.42. The van der Waals surface area contributed by atoms with Gasteiger partial charge in [0.1, 0.15) is 6.04 Å². The molecule has 1 aliphatic rings. The predicted octanol–water partition coefficient (Wildman–Crippen LogP) is 2.66. The molecular formula is C24H23BrN4O5S2. The zero-order valence-corrected chi connectivity index (χ0v) is 22.2. The number of hydrogen-bond acceptors (Lipinski definition) is 6. The Balaban J connectivity index is 1.63. The molecule has 1 aliphatic heterocycles. The van der Waals surface area contributed by atoms with Gasteiger partial charge < -0.3 is 0 Å². The van der Waals surface area contributed by atoms with Gasteiger partial charge in [-0.15, -0.1) is 0 Å². The Bertz CT molecular complexity index is 1470. The molecule has 0 bridgehead atoms. The summed E-state index contributed by atoms with van der Waals surface area (Å²) >= 11 is 3.36. The number of benzene rings is 3. The Morgan fingerprint density at radius 3 is 2.08 bits per heavy atom. The van der Waals surface area contributed by atoms with Crippen molar-refractivity contribution in [3.05, 3.63) is 95.0 Å². The Morgan fingerprint density at radius 2 is 1.47 bits per heavy atom. The van der Waals surface area contributed by atoms with E-state index in [-0.39, 0.29) is 29.4 Å². The molecule has 0 spiro atoms. The van der Waals surface area contributed by atoms with Gasteiger partial charge in [-0.3, -0.25) is 4.79 Å². The van der Waals surface area contributed by atoms with Crippen molar-refractivity contribution < 1.29 is 21.6 Å². The van der Waals surface area contributed by atoms with E-state index in [9.17, 15) is 21.6 Å². The quantitative estimate of drug-likeness (QED) is 0.335. The van der Waals surface area contributed by atoms with E-state index >= 15 is 0 Å². The van der Waals surface area contributed by atoms with E-state index < -0.39 is 32.0 Å². The summed E-state index contributed by atoms with van der Waals surface area (Å²) in [5.74, 6) is -0.742. The molecule has 9 nitrogen and oxygen atoms in total. The van der Waals surface area contributed by atoms with Gasteiger partial charge in [-0.2, -0.15) is 13.7 Å². The molecule has 0 aliphatic carbocycles. The number of amides is 1. The first kappa shape index (κ1) is 26.2. The van der Waals surface area contributed by atoms with Gasteiger partial charge in [0.05, 0.1) is 16.0 Å². The Hall–Kier alpha value is -2.90. The molecular weight excluding hydrogens is 568 g/mol. The molecule has 188 valence electrons. The van der Waals surface area contributed by atoms with E-state index in [1.807, 2.05) is 6.07 Å². The Kier molecular flexibility index (Phi) is 8.00. The van der Waals surface area contributed by atoms with Crippen LogP contribution in [0.1, 0.15) is 5.56 Å². The van der Waals surface area contributed by atoms with Gasteiger partial charge >= 0.3 is 0 Å². The summed E-state index contributed by atoms with van der Waals surface area (Å²) in [6.45, 7) is -0.660. The third-order valence-electron chi connectivity index (χ3n) is 5.56. The van der Waals surface area contributed by atoms with Gasteiger partial charge in [-0.05, 0) is 42.0 Å². The van der Waals surface area contributed by atoms with Crippen molar-refractivity contribution >= 4 is 48.1 Å². The second-order valence-corrected chi connectivity index (χ2v) is 12.7. The number of rotatable bonds is 7.